The van der Waals surface area contributed by atoms with Crippen molar-refractivity contribution in [3.63, 3.8) is 0 Å². The third kappa shape index (κ3) is 8.54. The molecule has 12 rings (SSSR count). The van der Waals surface area contributed by atoms with Crippen molar-refractivity contribution >= 4 is 84.8 Å². The topological polar surface area (TPSA) is 183 Å². The molecule has 3 N–H and O–H groups in total. The van der Waals surface area contributed by atoms with Gasteiger partial charge in [0.25, 0.3) is 0 Å². The molecule has 2 aliphatic heterocycles. The lowest BCUT2D eigenvalue weighted by Crippen LogP contribution is -2.27. The van der Waals surface area contributed by atoms with Crippen molar-refractivity contribution in [3.8, 4) is 0 Å². The van der Waals surface area contributed by atoms with Gasteiger partial charge in [-0.25, -0.2) is 9.97 Å². The number of rotatable bonds is 6. The minimum atomic E-state index is 0.336. The van der Waals surface area contributed by atoms with Gasteiger partial charge in [0.1, 0.15) is 11.3 Å². The monoisotopic (exact) mass is 860 g/mol. The van der Waals surface area contributed by atoms with Crippen LogP contribution in [0.15, 0.2) is 97.9 Å². The quantitative estimate of drug-likeness (QED) is 0.151. The van der Waals surface area contributed by atoms with Gasteiger partial charge in [-0.1, -0.05) is 61.6 Å². The molecule has 0 unspecified atom stereocenters. The first-order valence-corrected chi connectivity index (χ1v) is 22.3. The Hall–Kier alpha value is -6.81. The molecule has 320 valence electrons. The Labute approximate surface area is 369 Å². The fourth-order valence-corrected chi connectivity index (χ4v) is 9.42. The summed E-state index contributed by atoms with van der Waals surface area (Å²) < 4.78 is 4.67. The van der Waals surface area contributed by atoms with Gasteiger partial charge >= 0.3 is 0 Å². The van der Waals surface area contributed by atoms with Gasteiger partial charge in [-0.2, -0.15) is 9.97 Å². The van der Waals surface area contributed by atoms with Crippen LogP contribution in [0, 0.1) is 0 Å². The molecule has 0 spiro atoms. The molecule has 0 aromatic carbocycles. The third-order valence-corrected chi connectivity index (χ3v) is 12.6. The normalized spacial score (nSPS) is 16.8. The average molecular weight is 861 g/mol. The first-order valence-electron chi connectivity index (χ1n) is 21.9. The van der Waals surface area contributed by atoms with E-state index in [1.165, 1.54) is 51.4 Å². The molecule has 63 heavy (non-hydrogen) atoms. The van der Waals surface area contributed by atoms with Gasteiger partial charge in [-0.05, 0) is 74.9 Å². The van der Waals surface area contributed by atoms with Crippen molar-refractivity contribution in [1.82, 2.24) is 59.4 Å². The zero-order valence-corrected chi connectivity index (χ0v) is 35.8. The summed E-state index contributed by atoms with van der Waals surface area (Å²) in [7, 11) is 0. The van der Waals surface area contributed by atoms with E-state index in [1.807, 2.05) is 61.4 Å². The number of hydrogen-bond acceptors (Lipinski definition) is 14. The number of halogens is 1. The van der Waals surface area contributed by atoms with Crippen molar-refractivity contribution < 1.29 is 0 Å². The number of fused-ring (bicyclic) bond motifs is 6. The summed E-state index contributed by atoms with van der Waals surface area (Å²) in [6, 6.07) is 12.7. The zero-order chi connectivity index (χ0) is 42.5. The fraction of sp³-hybridized carbons (Fsp3) is 0.348. The molecule has 16 nitrogen and oxygen atoms in total. The smallest absolute Gasteiger partial charge is 0.230 e. The molecule has 0 bridgehead atoms. The van der Waals surface area contributed by atoms with Crippen LogP contribution in [0.2, 0.25) is 5.15 Å². The molecule has 0 radical (unpaired) electrons. The van der Waals surface area contributed by atoms with E-state index in [-0.39, 0.29) is 0 Å². The van der Waals surface area contributed by atoms with E-state index in [0.29, 0.717) is 35.0 Å². The number of nitrogens with zero attached hydrogens (tertiary/aromatic N) is 14. The van der Waals surface area contributed by atoms with Crippen LogP contribution < -0.4 is 20.9 Å². The molecule has 2 saturated carbocycles. The van der Waals surface area contributed by atoms with E-state index >= 15 is 0 Å². The Kier molecular flexibility index (Phi) is 11.7. The maximum atomic E-state index is 5.76. The second-order valence-corrected chi connectivity index (χ2v) is 16.7. The molecule has 0 amide bonds. The summed E-state index contributed by atoms with van der Waals surface area (Å²) in [6.45, 7) is 3.77. The van der Waals surface area contributed by atoms with Crippen LogP contribution in [0.3, 0.4) is 0 Å². The second kappa shape index (κ2) is 18.3. The van der Waals surface area contributed by atoms with Gasteiger partial charge in [0, 0.05) is 84.6 Å². The van der Waals surface area contributed by atoms with Crippen LogP contribution in [0.4, 0.5) is 29.4 Å². The zero-order valence-electron chi connectivity index (χ0n) is 35.0. The third-order valence-electron chi connectivity index (χ3n) is 12.4. The number of pyridine rings is 2. The number of hydrogen-bond donors (Lipinski definition) is 2. The Bertz CT molecular complexity index is 2900. The lowest BCUT2D eigenvalue weighted by Gasteiger charge is -2.23. The highest BCUT2D eigenvalue weighted by Crippen LogP contribution is 2.39. The number of nitrogens with two attached hydrogens (primary N) is 1. The first kappa shape index (κ1) is 40.3. The highest BCUT2D eigenvalue weighted by molar-refractivity contribution is 6.29. The van der Waals surface area contributed by atoms with Crippen molar-refractivity contribution in [3.05, 3.63) is 103 Å². The van der Waals surface area contributed by atoms with Gasteiger partial charge in [0.05, 0.1) is 23.4 Å². The highest BCUT2D eigenvalue weighted by atomic mass is 35.5. The predicted octanol–water partition coefficient (Wildman–Crippen LogP) is 8.97. The number of nitrogen functional groups attached to an aromatic ring is 1. The van der Waals surface area contributed by atoms with E-state index in [9.17, 15) is 0 Å². The van der Waals surface area contributed by atoms with E-state index in [0.717, 1.165) is 94.5 Å². The van der Waals surface area contributed by atoms with Crippen molar-refractivity contribution in [1.29, 1.82) is 0 Å². The standard InChI is InChI=1S/C23H24N8.C14H15N5.C9H10ClN3/c1-4-12-30(13-5-1)21-9-8-20(28-29-21)26-23-25-14-18-17-10-11-24-15-19(17)31(22(18)27-23)16-6-2-3-7-16;15-14-17-7-11-10-5-6-16-8-12(10)19(13(11)18-14)9-3-1-2-4-9;10-8-4-5-9(12-11-8)13-6-2-1-3-7-13/h1,4,8-11,14-16H,2-3,5-7,12-13H2,(H,25,26,27,28);5-9H,1-4H2,(H2,15,17,18);1-2,4-5H,3,6-7H2. The molecule has 8 aromatic heterocycles. The minimum absolute atomic E-state index is 0.336. The molecule has 4 aliphatic rings. The summed E-state index contributed by atoms with van der Waals surface area (Å²) in [6.07, 6.45) is 31.9. The SMILES string of the molecule is C1=CCN(c2ccc(Nc3ncc4c5ccncc5n(C5CCCC5)c4n3)nn2)CC1.Clc1ccc(N2CC=CCC2)nn1.Nc1ncc2c3ccncc3n(C3CCCC3)c2n1. The lowest BCUT2D eigenvalue weighted by atomic mass is 10.2. The average Bonchev–Trinajstić information content (AvgIpc) is 4.17. The van der Waals surface area contributed by atoms with Crippen LogP contribution in [0.1, 0.15) is 76.3 Å². The van der Waals surface area contributed by atoms with Crippen LogP contribution in [-0.2, 0) is 0 Å². The molecule has 10 heterocycles. The van der Waals surface area contributed by atoms with E-state index in [1.54, 1.807) is 6.07 Å². The molecule has 0 saturated heterocycles. The minimum Gasteiger partial charge on any atom is -0.368 e. The molecule has 17 heteroatoms. The van der Waals surface area contributed by atoms with Crippen LogP contribution >= 0.6 is 11.6 Å². The largest absolute Gasteiger partial charge is 0.368 e. The molecule has 8 aromatic rings. The van der Waals surface area contributed by atoms with Gasteiger partial charge < -0.3 is 30.0 Å². The van der Waals surface area contributed by atoms with Crippen LogP contribution in [-0.4, -0.2) is 85.6 Å². The van der Waals surface area contributed by atoms with Crippen LogP contribution in [0.5, 0.6) is 0 Å². The fourth-order valence-electron chi connectivity index (χ4n) is 9.32. The molecular formula is C46H49ClN16. The molecule has 2 aliphatic carbocycles. The lowest BCUT2D eigenvalue weighted by molar-refractivity contribution is 0.546. The summed E-state index contributed by atoms with van der Waals surface area (Å²) >= 11 is 5.64. The maximum absolute atomic E-state index is 5.76. The predicted molar refractivity (Wildman–Crippen MR) is 249 cm³/mol. The number of aromatic nitrogens is 12. The Morgan fingerprint density at radius 2 is 1.13 bits per heavy atom. The van der Waals surface area contributed by atoms with E-state index in [2.05, 4.69) is 99.9 Å². The van der Waals surface area contributed by atoms with E-state index < -0.39 is 0 Å². The van der Waals surface area contributed by atoms with Gasteiger partial charge in [0.2, 0.25) is 11.9 Å². The molecule has 2 fully saturated rings. The van der Waals surface area contributed by atoms with Crippen molar-refractivity contribution in [2.24, 2.45) is 0 Å². The Morgan fingerprint density at radius 3 is 1.65 bits per heavy atom. The van der Waals surface area contributed by atoms with Gasteiger partial charge in [-0.3, -0.25) is 9.97 Å². The van der Waals surface area contributed by atoms with Crippen molar-refractivity contribution in [2.75, 3.05) is 47.0 Å². The number of anilines is 5. The van der Waals surface area contributed by atoms with Crippen molar-refractivity contribution in [2.45, 2.75) is 76.3 Å². The first-order chi connectivity index (χ1) is 31.1. The molecule has 0 atom stereocenters. The summed E-state index contributed by atoms with van der Waals surface area (Å²) in [5.41, 5.74) is 9.94. The number of nitrogens with one attached hydrogen (secondary N) is 1. The van der Waals surface area contributed by atoms with Gasteiger partial charge in [0.15, 0.2) is 22.6 Å². The maximum Gasteiger partial charge on any atom is 0.230 e. The summed E-state index contributed by atoms with van der Waals surface area (Å²) in [4.78, 5) is 31.1. The van der Waals surface area contributed by atoms with E-state index in [4.69, 9.17) is 22.3 Å². The summed E-state index contributed by atoms with van der Waals surface area (Å²) in [5.74, 6) is 3.29. The second-order valence-electron chi connectivity index (χ2n) is 16.3. The highest BCUT2D eigenvalue weighted by Gasteiger charge is 2.25. The Morgan fingerprint density at radius 1 is 0.571 bits per heavy atom. The molecular weight excluding hydrogens is 812 g/mol. The van der Waals surface area contributed by atoms with Gasteiger partial charge in [-0.15, -0.1) is 20.4 Å². The Balaban J connectivity index is 0.000000125. The van der Waals surface area contributed by atoms with Crippen LogP contribution in [0.25, 0.3) is 43.9 Å². The summed E-state index contributed by atoms with van der Waals surface area (Å²) in [5, 5.41) is 24.7.